The molecule has 0 spiro atoms. The van der Waals surface area contributed by atoms with Crippen LogP contribution in [0.2, 0.25) is 0 Å². The normalized spacial score (nSPS) is 10.6. The maximum atomic E-state index is 12.2. The Kier molecular flexibility index (Phi) is 10.7. The Morgan fingerprint density at radius 1 is 0.692 bits per heavy atom. The van der Waals surface area contributed by atoms with Gasteiger partial charge in [-0.3, -0.25) is 0 Å². The topological polar surface area (TPSA) is 52.6 Å². The number of carbonyl (C=O) groups excluding carboxylic acids is 2. The lowest BCUT2D eigenvalue weighted by Crippen LogP contribution is -2.14. The van der Waals surface area contributed by atoms with Gasteiger partial charge < -0.3 is 9.47 Å². The number of hydrogen-bond acceptors (Lipinski definition) is 4. The quantitative estimate of drug-likeness (QED) is 0.364. The van der Waals surface area contributed by atoms with E-state index in [1.165, 1.54) is 52.7 Å². The molecule has 4 nitrogen and oxygen atoms in total. The minimum atomic E-state index is -0.488. The lowest BCUT2D eigenvalue weighted by molar-refractivity contribution is 0.0555. The molecule has 0 N–H and O–H groups in total. The first-order valence-corrected chi connectivity index (χ1v) is 9.91. The number of aryl methyl sites for hydroxylation is 2. The Bertz CT molecular complexity index is 527. The molecule has 0 amide bonds. The molecule has 0 fully saturated rings. The summed E-state index contributed by atoms with van der Waals surface area (Å²) < 4.78 is 9.75. The Morgan fingerprint density at radius 3 is 1.38 bits per heavy atom. The van der Waals surface area contributed by atoms with Crippen LogP contribution in [0.5, 0.6) is 0 Å². The van der Waals surface area contributed by atoms with Crippen LogP contribution in [0.15, 0.2) is 12.1 Å². The van der Waals surface area contributed by atoms with Crippen molar-refractivity contribution in [1.29, 1.82) is 0 Å². The number of carbonyl (C=O) groups is 2. The van der Waals surface area contributed by atoms with Crippen LogP contribution >= 0.6 is 0 Å². The summed E-state index contributed by atoms with van der Waals surface area (Å²) in [6.45, 7) is 4.39. The molecule has 0 heterocycles. The molecule has 1 aromatic rings. The van der Waals surface area contributed by atoms with Gasteiger partial charge in [-0.05, 0) is 48.9 Å². The lowest BCUT2D eigenvalue weighted by Gasteiger charge is -2.15. The molecule has 1 rings (SSSR count). The summed E-state index contributed by atoms with van der Waals surface area (Å²) in [7, 11) is 2.67. The van der Waals surface area contributed by atoms with Crippen molar-refractivity contribution in [2.75, 3.05) is 14.2 Å². The van der Waals surface area contributed by atoms with E-state index in [-0.39, 0.29) is 0 Å². The number of unbranched alkanes of at least 4 members (excludes halogenated alkanes) is 6. The zero-order chi connectivity index (χ0) is 19.4. The highest BCUT2D eigenvalue weighted by atomic mass is 16.5. The molecule has 0 saturated carbocycles. The first kappa shape index (κ1) is 22.2. The molecule has 1 aromatic carbocycles. The number of methoxy groups -OCH3 is 2. The molecule has 26 heavy (non-hydrogen) atoms. The van der Waals surface area contributed by atoms with Crippen LogP contribution in [0.3, 0.4) is 0 Å². The van der Waals surface area contributed by atoms with Crippen LogP contribution < -0.4 is 0 Å². The van der Waals surface area contributed by atoms with Crippen molar-refractivity contribution in [3.8, 4) is 0 Å². The van der Waals surface area contributed by atoms with Crippen molar-refractivity contribution in [1.82, 2.24) is 0 Å². The fourth-order valence-electron chi connectivity index (χ4n) is 3.20. The van der Waals surface area contributed by atoms with E-state index in [0.29, 0.717) is 11.1 Å². The summed E-state index contributed by atoms with van der Waals surface area (Å²) in [5.41, 5.74) is 2.93. The van der Waals surface area contributed by atoms with Crippen molar-refractivity contribution in [2.45, 2.75) is 78.1 Å². The van der Waals surface area contributed by atoms with Gasteiger partial charge >= 0.3 is 11.9 Å². The number of ether oxygens (including phenoxy) is 2. The minimum absolute atomic E-state index is 0.308. The van der Waals surface area contributed by atoms with Crippen molar-refractivity contribution in [2.24, 2.45) is 0 Å². The molecule has 0 unspecified atom stereocenters. The van der Waals surface area contributed by atoms with Crippen LogP contribution in [-0.2, 0) is 22.3 Å². The molecule has 0 aromatic heterocycles. The van der Waals surface area contributed by atoms with Crippen LogP contribution in [0.1, 0.15) is 97.1 Å². The van der Waals surface area contributed by atoms with Crippen LogP contribution in [0, 0.1) is 0 Å². The maximum Gasteiger partial charge on any atom is 0.338 e. The molecule has 0 atom stereocenters. The molecule has 0 aliphatic heterocycles. The van der Waals surface area contributed by atoms with Crippen LogP contribution in [0.25, 0.3) is 0 Å². The second kappa shape index (κ2) is 12.5. The molecule has 0 aliphatic rings. The zero-order valence-electron chi connectivity index (χ0n) is 16.9. The third-order valence-electron chi connectivity index (χ3n) is 4.75. The van der Waals surface area contributed by atoms with E-state index in [2.05, 4.69) is 13.8 Å². The Balaban J connectivity index is 3.14. The van der Waals surface area contributed by atoms with Gasteiger partial charge in [0.1, 0.15) is 0 Å². The molecule has 0 bridgehead atoms. The van der Waals surface area contributed by atoms with E-state index < -0.39 is 11.9 Å². The zero-order valence-corrected chi connectivity index (χ0v) is 16.9. The highest BCUT2D eigenvalue weighted by Gasteiger charge is 2.21. The van der Waals surface area contributed by atoms with Crippen LogP contribution in [0.4, 0.5) is 0 Å². The van der Waals surface area contributed by atoms with Gasteiger partial charge in [-0.2, -0.15) is 0 Å². The maximum absolute atomic E-state index is 12.2. The monoisotopic (exact) mass is 362 g/mol. The van der Waals surface area contributed by atoms with Crippen molar-refractivity contribution >= 4 is 11.9 Å². The minimum Gasteiger partial charge on any atom is -0.465 e. The van der Waals surface area contributed by atoms with Gasteiger partial charge in [-0.15, -0.1) is 0 Å². The number of rotatable bonds is 12. The Morgan fingerprint density at radius 2 is 1.08 bits per heavy atom. The predicted molar refractivity (Wildman–Crippen MR) is 105 cm³/mol. The Hall–Kier alpha value is -1.84. The number of hydrogen-bond donors (Lipinski definition) is 0. The largest absolute Gasteiger partial charge is 0.465 e. The lowest BCUT2D eigenvalue weighted by atomic mass is 9.91. The summed E-state index contributed by atoms with van der Waals surface area (Å²) in [6.07, 6.45) is 11.2. The summed E-state index contributed by atoms with van der Waals surface area (Å²) in [6, 6.07) is 3.69. The van der Waals surface area contributed by atoms with E-state index in [1.807, 2.05) is 12.1 Å². The van der Waals surface area contributed by atoms with Gasteiger partial charge in [-0.25, -0.2) is 9.59 Å². The van der Waals surface area contributed by atoms with Crippen molar-refractivity contribution in [3.05, 3.63) is 34.4 Å². The fourth-order valence-corrected chi connectivity index (χ4v) is 3.20. The van der Waals surface area contributed by atoms with Gasteiger partial charge in [0, 0.05) is 0 Å². The standard InChI is InChI=1S/C22H34O4/c1-5-7-9-11-13-17-15-19(21(23)25-3)20(22(24)26-4)16-18(17)14-12-10-8-6-2/h15-16H,5-14H2,1-4H3. The third kappa shape index (κ3) is 6.81. The van der Waals surface area contributed by atoms with E-state index in [1.54, 1.807) is 0 Å². The molecule has 4 heteroatoms. The SMILES string of the molecule is CCCCCCc1cc(C(=O)OC)c(C(=O)OC)cc1CCCCCC. The molecule has 0 saturated heterocycles. The highest BCUT2D eigenvalue weighted by Crippen LogP contribution is 2.23. The second-order valence-corrected chi connectivity index (χ2v) is 6.77. The summed E-state index contributed by atoms with van der Waals surface area (Å²) in [5.74, 6) is -0.976. The average molecular weight is 363 g/mol. The van der Waals surface area contributed by atoms with E-state index >= 15 is 0 Å². The smallest absolute Gasteiger partial charge is 0.338 e. The molecule has 0 aliphatic carbocycles. The predicted octanol–water partition coefficient (Wildman–Crippen LogP) is 5.51. The molecule has 146 valence electrons. The van der Waals surface area contributed by atoms with Gasteiger partial charge in [0.25, 0.3) is 0 Å². The fraction of sp³-hybridized carbons (Fsp3) is 0.636. The second-order valence-electron chi connectivity index (χ2n) is 6.77. The third-order valence-corrected chi connectivity index (χ3v) is 4.75. The Labute approximate surface area is 158 Å². The van der Waals surface area contributed by atoms with Crippen molar-refractivity contribution in [3.63, 3.8) is 0 Å². The highest BCUT2D eigenvalue weighted by molar-refractivity contribution is 6.03. The first-order chi connectivity index (χ1) is 12.6. The summed E-state index contributed by atoms with van der Waals surface area (Å²) in [4.78, 5) is 24.3. The number of esters is 2. The van der Waals surface area contributed by atoms with E-state index in [9.17, 15) is 9.59 Å². The van der Waals surface area contributed by atoms with E-state index in [0.717, 1.165) is 36.8 Å². The first-order valence-electron chi connectivity index (χ1n) is 9.91. The average Bonchev–Trinajstić information content (AvgIpc) is 2.67. The van der Waals surface area contributed by atoms with E-state index in [4.69, 9.17) is 9.47 Å². The molecular weight excluding hydrogens is 328 g/mol. The summed E-state index contributed by atoms with van der Waals surface area (Å²) in [5, 5.41) is 0. The van der Waals surface area contributed by atoms with Crippen LogP contribution in [-0.4, -0.2) is 26.2 Å². The van der Waals surface area contributed by atoms with Gasteiger partial charge in [0.2, 0.25) is 0 Å². The summed E-state index contributed by atoms with van der Waals surface area (Å²) >= 11 is 0. The van der Waals surface area contributed by atoms with Gasteiger partial charge in [-0.1, -0.05) is 52.4 Å². The van der Waals surface area contributed by atoms with Gasteiger partial charge in [0.15, 0.2) is 0 Å². The van der Waals surface area contributed by atoms with Gasteiger partial charge in [0.05, 0.1) is 25.3 Å². The molecule has 0 radical (unpaired) electrons. The molecular formula is C22H34O4. The van der Waals surface area contributed by atoms with Crippen molar-refractivity contribution < 1.29 is 19.1 Å². The number of benzene rings is 1.